The van der Waals surface area contributed by atoms with Gasteiger partial charge in [-0.25, -0.2) is 0 Å². The van der Waals surface area contributed by atoms with Gasteiger partial charge in [-0.05, 0) is 156 Å². The second-order valence-corrected chi connectivity index (χ2v) is 21.5. The fourth-order valence-corrected chi connectivity index (χ4v) is 14.2. The molecule has 0 nitrogen and oxygen atoms in total. The van der Waals surface area contributed by atoms with Crippen molar-refractivity contribution in [3.63, 3.8) is 0 Å². The van der Waals surface area contributed by atoms with Gasteiger partial charge < -0.3 is 0 Å². The van der Waals surface area contributed by atoms with Crippen molar-refractivity contribution in [3.8, 4) is 66.8 Å². The molecule has 0 unspecified atom stereocenters. The molecular formula is C64H50. The molecule has 4 aliphatic rings. The second kappa shape index (κ2) is 11.7. The Morgan fingerprint density at radius 3 is 0.891 bits per heavy atom. The topological polar surface area (TPSA) is 0 Å². The van der Waals surface area contributed by atoms with Crippen LogP contribution in [0.1, 0.15) is 99.9 Å². The molecule has 4 aliphatic carbocycles. The van der Waals surface area contributed by atoms with Crippen LogP contribution in [0.15, 0.2) is 158 Å². The first kappa shape index (κ1) is 36.7. The van der Waals surface area contributed by atoms with Gasteiger partial charge in [-0.2, -0.15) is 0 Å². The van der Waals surface area contributed by atoms with Crippen molar-refractivity contribution in [1.82, 2.24) is 0 Å². The van der Waals surface area contributed by atoms with Crippen molar-refractivity contribution in [2.45, 2.75) is 77.0 Å². The molecule has 10 aromatic rings. The average molecular weight is 819 g/mol. The molecule has 0 heterocycles. The molecule has 0 radical (unpaired) electrons. The molecule has 0 amide bonds. The van der Waals surface area contributed by atoms with Crippen molar-refractivity contribution in [3.05, 3.63) is 202 Å². The van der Waals surface area contributed by atoms with Crippen LogP contribution in [-0.2, 0) is 21.7 Å². The molecule has 10 aromatic carbocycles. The molecule has 0 saturated heterocycles. The van der Waals surface area contributed by atoms with Crippen LogP contribution in [0.2, 0.25) is 0 Å². The summed E-state index contributed by atoms with van der Waals surface area (Å²) >= 11 is 0. The highest BCUT2D eigenvalue weighted by atomic mass is 14.5. The van der Waals surface area contributed by atoms with E-state index in [9.17, 15) is 0 Å². The van der Waals surface area contributed by atoms with Gasteiger partial charge in [-0.15, -0.1) is 0 Å². The first-order valence-corrected chi connectivity index (χ1v) is 23.4. The number of rotatable bonds is 2. The molecule has 0 aliphatic heterocycles. The van der Waals surface area contributed by atoms with E-state index in [4.69, 9.17) is 0 Å². The Morgan fingerprint density at radius 1 is 0.250 bits per heavy atom. The van der Waals surface area contributed by atoms with Gasteiger partial charge in [0.2, 0.25) is 0 Å². The van der Waals surface area contributed by atoms with E-state index in [2.05, 4.69) is 213 Å². The van der Waals surface area contributed by atoms with E-state index in [0.717, 1.165) is 0 Å². The molecule has 0 saturated carbocycles. The summed E-state index contributed by atoms with van der Waals surface area (Å²) in [7, 11) is 0. The Morgan fingerprint density at radius 2 is 0.531 bits per heavy atom. The van der Waals surface area contributed by atoms with Crippen LogP contribution < -0.4 is 0 Å². The Hall–Kier alpha value is -6.76. The molecule has 0 heteroatoms. The summed E-state index contributed by atoms with van der Waals surface area (Å²) < 4.78 is 0. The van der Waals surface area contributed by atoms with Gasteiger partial charge in [0, 0.05) is 21.7 Å². The van der Waals surface area contributed by atoms with Gasteiger partial charge in [-0.1, -0.05) is 201 Å². The first-order chi connectivity index (χ1) is 30.8. The smallest absolute Gasteiger partial charge is 0.0165 e. The van der Waals surface area contributed by atoms with Crippen LogP contribution in [0.25, 0.3) is 99.1 Å². The lowest BCUT2D eigenvalue weighted by Gasteiger charge is -2.29. The maximum Gasteiger partial charge on any atom is 0.0165 e. The largest absolute Gasteiger partial charge is 0.0619 e. The van der Waals surface area contributed by atoms with E-state index < -0.39 is 0 Å². The monoisotopic (exact) mass is 818 g/mol. The third kappa shape index (κ3) is 4.18. The van der Waals surface area contributed by atoms with Crippen LogP contribution in [0, 0.1) is 0 Å². The summed E-state index contributed by atoms with van der Waals surface area (Å²) in [6.45, 7) is 19.6. The number of benzene rings is 10. The minimum Gasteiger partial charge on any atom is -0.0619 e. The van der Waals surface area contributed by atoms with Crippen LogP contribution >= 0.6 is 0 Å². The third-order valence-corrected chi connectivity index (χ3v) is 16.9. The summed E-state index contributed by atoms with van der Waals surface area (Å²) in [4.78, 5) is 0. The molecular weight excluding hydrogens is 769 g/mol. The van der Waals surface area contributed by atoms with Crippen LogP contribution in [0.4, 0.5) is 0 Å². The Labute approximate surface area is 376 Å². The Kier molecular flexibility index (Phi) is 6.69. The van der Waals surface area contributed by atoms with Crippen LogP contribution in [-0.4, -0.2) is 0 Å². The standard InChI is InChI=1S/C64H50/c1-61(2)49-21-13-9-17-39(49)47-33-45(57-55(59(47)61)43-19-11-15-23-51(43)63(57,5)6)37-29-25-35-28-32-42-38(30-26-36-27-31-41(37)53(35)54(36)42)46-34-48-40-18-10-14-22-50(40)62(3,4)60(48)56-44-20-12-16-24-52(44)64(7,8)58(46)56/h9-34H,1-8H3. The molecule has 0 atom stereocenters. The van der Waals surface area contributed by atoms with Gasteiger partial charge in [0.05, 0.1) is 0 Å². The van der Waals surface area contributed by atoms with Crippen LogP contribution in [0.3, 0.4) is 0 Å². The van der Waals surface area contributed by atoms with Crippen LogP contribution in [0.5, 0.6) is 0 Å². The highest BCUT2D eigenvalue weighted by Crippen LogP contribution is 2.64. The van der Waals surface area contributed by atoms with Gasteiger partial charge in [0.15, 0.2) is 0 Å². The Bertz CT molecular complexity index is 3520. The lowest BCUT2D eigenvalue weighted by molar-refractivity contribution is 0.648. The maximum absolute atomic E-state index is 2.58. The van der Waals surface area contributed by atoms with Gasteiger partial charge in [0.25, 0.3) is 0 Å². The van der Waals surface area contributed by atoms with Crippen molar-refractivity contribution in [2.75, 3.05) is 0 Å². The quantitative estimate of drug-likeness (QED) is 0.152. The molecule has 0 spiro atoms. The fraction of sp³-hybridized carbons (Fsp3) is 0.188. The maximum atomic E-state index is 2.58. The zero-order valence-electron chi connectivity index (χ0n) is 38.0. The van der Waals surface area contributed by atoms with Crippen molar-refractivity contribution < 1.29 is 0 Å². The summed E-state index contributed by atoms with van der Waals surface area (Å²) in [5, 5.41) is 7.98. The minimum atomic E-state index is -0.177. The summed E-state index contributed by atoms with van der Waals surface area (Å²) in [6.07, 6.45) is 0. The Balaban J connectivity index is 1.08. The SMILES string of the molecule is CC1(C)c2ccccc2-c2cc(-c3ccc4ccc5c(-c6cc7c(c8c6C(C)(C)c6ccccc6-8)C(C)(C)c6ccccc6-7)ccc6ccc3c4c65)c3c(c21)-c1ccccc1C3(C)C. The third-order valence-electron chi connectivity index (χ3n) is 16.9. The zero-order chi connectivity index (χ0) is 43.4. The zero-order valence-corrected chi connectivity index (χ0v) is 38.0. The highest BCUT2D eigenvalue weighted by molar-refractivity contribution is 6.28. The fourth-order valence-electron chi connectivity index (χ4n) is 14.2. The number of hydrogen-bond donors (Lipinski definition) is 0. The average Bonchev–Trinajstić information content (AvgIpc) is 3.88. The lowest BCUT2D eigenvalue weighted by Crippen LogP contribution is -2.19. The normalized spacial score (nSPS) is 16.9. The molecule has 14 rings (SSSR count). The van der Waals surface area contributed by atoms with E-state index in [-0.39, 0.29) is 21.7 Å². The predicted octanol–water partition coefficient (Wildman–Crippen LogP) is 17.1. The van der Waals surface area contributed by atoms with E-state index in [1.165, 1.54) is 144 Å². The van der Waals surface area contributed by atoms with E-state index in [1.54, 1.807) is 0 Å². The van der Waals surface area contributed by atoms with Gasteiger partial charge in [-0.3, -0.25) is 0 Å². The molecule has 64 heavy (non-hydrogen) atoms. The van der Waals surface area contributed by atoms with Gasteiger partial charge >= 0.3 is 0 Å². The van der Waals surface area contributed by atoms with Crippen molar-refractivity contribution in [2.24, 2.45) is 0 Å². The van der Waals surface area contributed by atoms with Crippen molar-refractivity contribution in [1.29, 1.82) is 0 Å². The number of fused-ring (bicyclic) bond motifs is 14. The molecule has 0 bridgehead atoms. The molecule has 0 aromatic heterocycles. The summed E-state index contributed by atoms with van der Waals surface area (Å²) in [5.74, 6) is 0. The molecule has 0 N–H and O–H groups in total. The van der Waals surface area contributed by atoms with E-state index >= 15 is 0 Å². The van der Waals surface area contributed by atoms with E-state index in [1.807, 2.05) is 0 Å². The number of hydrogen-bond acceptors (Lipinski definition) is 0. The summed E-state index contributed by atoms with van der Waals surface area (Å²) in [5.41, 5.74) is 27.5. The predicted molar refractivity (Wildman–Crippen MR) is 271 cm³/mol. The van der Waals surface area contributed by atoms with E-state index in [0.29, 0.717) is 0 Å². The first-order valence-electron chi connectivity index (χ1n) is 23.4. The molecule has 306 valence electrons. The summed E-state index contributed by atoms with van der Waals surface area (Å²) in [6, 6.07) is 61.3. The van der Waals surface area contributed by atoms with Gasteiger partial charge in [0.1, 0.15) is 0 Å². The van der Waals surface area contributed by atoms with Crippen molar-refractivity contribution >= 4 is 32.3 Å². The highest BCUT2D eigenvalue weighted by Gasteiger charge is 2.48. The second-order valence-electron chi connectivity index (χ2n) is 21.5. The molecule has 0 fully saturated rings. The minimum absolute atomic E-state index is 0.118. The lowest BCUT2D eigenvalue weighted by atomic mass is 9.73.